The minimum Gasteiger partial charge on any atom is -0.508 e. The first-order valence-electron chi connectivity index (χ1n) is 9.01. The summed E-state index contributed by atoms with van der Waals surface area (Å²) in [5.41, 5.74) is 2.15. The Morgan fingerprint density at radius 1 is 1.04 bits per heavy atom. The second kappa shape index (κ2) is 5.82. The van der Waals surface area contributed by atoms with E-state index in [0.29, 0.717) is 17.7 Å². The number of fused-ring (bicyclic) bond motifs is 2. The van der Waals surface area contributed by atoms with Crippen LogP contribution in [0.25, 0.3) is 0 Å². The van der Waals surface area contributed by atoms with Crippen LogP contribution in [0, 0.1) is 5.41 Å². The van der Waals surface area contributed by atoms with Crippen molar-refractivity contribution in [2.45, 2.75) is 64.5 Å². The number of carbonyl (C=O) groups is 1. The molecule has 1 atom stereocenters. The molecule has 2 nitrogen and oxygen atoms in total. The molecular formula is C22H27FO2. The van der Waals surface area contributed by atoms with Crippen molar-refractivity contribution in [1.82, 2.24) is 0 Å². The van der Waals surface area contributed by atoms with Gasteiger partial charge in [0.1, 0.15) is 5.75 Å². The first kappa shape index (κ1) is 17.9. The number of carbonyl (C=O) groups excluding carboxylic acids is 1. The Balaban J connectivity index is 0.000000146. The molecule has 25 heavy (non-hydrogen) atoms. The molecule has 1 saturated carbocycles. The molecule has 0 aliphatic heterocycles. The van der Waals surface area contributed by atoms with Crippen molar-refractivity contribution in [3.8, 4) is 5.75 Å². The molecule has 0 radical (unpaired) electrons. The molecule has 1 aromatic rings. The van der Waals surface area contributed by atoms with E-state index >= 15 is 0 Å². The summed E-state index contributed by atoms with van der Waals surface area (Å²) in [5, 5.41) is 9.33. The molecule has 0 aromatic heterocycles. The Hall–Kier alpha value is -1.90. The number of phenolic OH excluding ortho intramolecular Hbond substituents is 1. The standard InChI is InChI=1S/C11H13FO.C11H14O/c1-10(2)5-6-11(12)4-3-8(13)7-9(10)11;1-11(2)6-5-8-3-4-9(12)7-10(8)11/h3-4,7H,5-6H2,1-2H3;3-4,7,12H,5-6H2,1-2H3/t11-;/m0./s1. The zero-order valence-electron chi connectivity index (χ0n) is 15.5. The lowest BCUT2D eigenvalue weighted by atomic mass is 9.81. The number of aromatic hydroxyl groups is 1. The fourth-order valence-electron chi connectivity index (χ4n) is 4.21. The second-order valence-corrected chi connectivity index (χ2v) is 8.77. The number of allylic oxidation sites excluding steroid dienone is 4. The monoisotopic (exact) mass is 342 g/mol. The van der Waals surface area contributed by atoms with Gasteiger partial charge in [-0.1, -0.05) is 33.8 Å². The molecule has 4 rings (SSSR count). The zero-order chi connectivity index (χ0) is 18.5. The molecule has 0 heterocycles. The van der Waals surface area contributed by atoms with Crippen LogP contribution >= 0.6 is 0 Å². The van der Waals surface area contributed by atoms with Crippen LogP contribution in [-0.4, -0.2) is 16.6 Å². The number of phenols is 1. The second-order valence-electron chi connectivity index (χ2n) is 8.77. The first-order chi connectivity index (χ1) is 11.5. The summed E-state index contributed by atoms with van der Waals surface area (Å²) in [6.07, 6.45) is 7.90. The number of benzene rings is 1. The maximum atomic E-state index is 14.1. The summed E-state index contributed by atoms with van der Waals surface area (Å²) >= 11 is 0. The van der Waals surface area contributed by atoms with Crippen molar-refractivity contribution in [3.05, 3.63) is 53.1 Å². The molecule has 0 saturated heterocycles. The maximum Gasteiger partial charge on any atom is 0.178 e. The molecule has 1 aromatic carbocycles. The van der Waals surface area contributed by atoms with Gasteiger partial charge in [0.2, 0.25) is 0 Å². The van der Waals surface area contributed by atoms with Gasteiger partial charge in [-0.25, -0.2) is 4.39 Å². The van der Waals surface area contributed by atoms with Gasteiger partial charge in [-0.3, -0.25) is 4.79 Å². The number of halogens is 1. The van der Waals surface area contributed by atoms with Gasteiger partial charge in [-0.05, 0) is 83.6 Å². The van der Waals surface area contributed by atoms with E-state index in [0.717, 1.165) is 12.8 Å². The van der Waals surface area contributed by atoms with Crippen molar-refractivity contribution >= 4 is 5.78 Å². The van der Waals surface area contributed by atoms with Crippen LogP contribution in [-0.2, 0) is 16.6 Å². The number of hydrogen-bond acceptors (Lipinski definition) is 2. The average Bonchev–Trinajstić information content (AvgIpc) is 2.96. The lowest BCUT2D eigenvalue weighted by Crippen LogP contribution is -2.26. The molecule has 134 valence electrons. The van der Waals surface area contributed by atoms with Gasteiger partial charge in [0.15, 0.2) is 11.5 Å². The van der Waals surface area contributed by atoms with Crippen LogP contribution in [0.2, 0.25) is 0 Å². The van der Waals surface area contributed by atoms with Crippen LogP contribution in [0.1, 0.15) is 58.1 Å². The van der Waals surface area contributed by atoms with Crippen molar-refractivity contribution in [1.29, 1.82) is 0 Å². The third kappa shape index (κ3) is 3.29. The van der Waals surface area contributed by atoms with E-state index in [4.69, 9.17) is 0 Å². The molecule has 0 amide bonds. The molecule has 1 fully saturated rings. The lowest BCUT2D eigenvalue weighted by molar-refractivity contribution is -0.110. The van der Waals surface area contributed by atoms with Gasteiger partial charge in [0.25, 0.3) is 0 Å². The van der Waals surface area contributed by atoms with Crippen LogP contribution in [0.3, 0.4) is 0 Å². The lowest BCUT2D eigenvalue weighted by Gasteiger charge is -2.26. The van der Waals surface area contributed by atoms with E-state index in [1.54, 1.807) is 6.07 Å². The molecule has 3 aliphatic rings. The minimum absolute atomic E-state index is 0.0850. The molecule has 3 aliphatic carbocycles. The molecule has 0 bridgehead atoms. The Bertz CT molecular complexity index is 770. The third-order valence-electron chi connectivity index (χ3n) is 5.93. The number of aryl methyl sites for hydroxylation is 1. The van der Waals surface area contributed by atoms with Crippen molar-refractivity contribution < 1.29 is 14.3 Å². The van der Waals surface area contributed by atoms with Crippen LogP contribution < -0.4 is 0 Å². The SMILES string of the molecule is CC1(C)CC[C@@]2(F)C=CC(=O)C=C12.CC1(C)CCc2ccc(O)cc21. The van der Waals surface area contributed by atoms with E-state index in [2.05, 4.69) is 13.8 Å². The van der Waals surface area contributed by atoms with E-state index in [1.807, 2.05) is 26.0 Å². The van der Waals surface area contributed by atoms with Gasteiger partial charge in [-0.2, -0.15) is 0 Å². The predicted molar refractivity (Wildman–Crippen MR) is 98.5 cm³/mol. The number of hydrogen-bond donors (Lipinski definition) is 1. The normalized spacial score (nSPS) is 27.9. The van der Waals surface area contributed by atoms with Gasteiger partial charge in [0.05, 0.1) is 0 Å². The summed E-state index contributed by atoms with van der Waals surface area (Å²) < 4.78 is 14.1. The molecular weight excluding hydrogens is 315 g/mol. The summed E-state index contributed by atoms with van der Waals surface area (Å²) in [5.74, 6) is 0.307. The Morgan fingerprint density at radius 3 is 2.48 bits per heavy atom. The Morgan fingerprint density at radius 2 is 1.76 bits per heavy atom. The Labute approximate surface area is 149 Å². The zero-order valence-corrected chi connectivity index (χ0v) is 15.5. The summed E-state index contributed by atoms with van der Waals surface area (Å²) in [6, 6.07) is 5.72. The molecule has 0 spiro atoms. The number of rotatable bonds is 0. The van der Waals surface area contributed by atoms with Crippen LogP contribution in [0.5, 0.6) is 5.75 Å². The number of ketones is 1. The van der Waals surface area contributed by atoms with Crippen LogP contribution in [0.15, 0.2) is 42.0 Å². The smallest absolute Gasteiger partial charge is 0.178 e. The largest absolute Gasteiger partial charge is 0.508 e. The van der Waals surface area contributed by atoms with Gasteiger partial charge in [-0.15, -0.1) is 0 Å². The van der Waals surface area contributed by atoms with Gasteiger partial charge in [0, 0.05) is 0 Å². The highest BCUT2D eigenvalue weighted by molar-refractivity contribution is 6.01. The third-order valence-corrected chi connectivity index (χ3v) is 5.93. The van der Waals surface area contributed by atoms with E-state index in [-0.39, 0.29) is 16.6 Å². The maximum absolute atomic E-state index is 14.1. The van der Waals surface area contributed by atoms with E-state index in [9.17, 15) is 14.3 Å². The van der Waals surface area contributed by atoms with Gasteiger partial charge < -0.3 is 5.11 Å². The fourth-order valence-corrected chi connectivity index (χ4v) is 4.21. The van der Waals surface area contributed by atoms with Crippen molar-refractivity contribution in [2.24, 2.45) is 5.41 Å². The molecule has 0 unspecified atom stereocenters. The number of alkyl halides is 1. The van der Waals surface area contributed by atoms with Crippen LogP contribution in [0.4, 0.5) is 4.39 Å². The highest BCUT2D eigenvalue weighted by Gasteiger charge is 2.48. The summed E-state index contributed by atoms with van der Waals surface area (Å²) in [4.78, 5) is 11.1. The average molecular weight is 342 g/mol. The predicted octanol–water partition coefficient (Wildman–Crippen LogP) is 5.20. The van der Waals surface area contributed by atoms with E-state index in [1.165, 1.54) is 35.8 Å². The topological polar surface area (TPSA) is 37.3 Å². The van der Waals surface area contributed by atoms with E-state index < -0.39 is 5.67 Å². The summed E-state index contributed by atoms with van der Waals surface area (Å²) in [7, 11) is 0. The van der Waals surface area contributed by atoms with Crippen molar-refractivity contribution in [3.63, 3.8) is 0 Å². The molecule has 1 N–H and O–H groups in total. The highest BCUT2D eigenvalue weighted by atomic mass is 19.1. The molecule has 3 heteroatoms. The summed E-state index contributed by atoms with van der Waals surface area (Å²) in [6.45, 7) is 8.45. The fraction of sp³-hybridized carbons (Fsp3) is 0.500. The highest BCUT2D eigenvalue weighted by Crippen LogP contribution is 2.52. The first-order valence-corrected chi connectivity index (χ1v) is 9.01. The van der Waals surface area contributed by atoms with Crippen molar-refractivity contribution in [2.75, 3.05) is 0 Å². The minimum atomic E-state index is -1.34. The van der Waals surface area contributed by atoms with Gasteiger partial charge >= 0.3 is 0 Å². The quantitative estimate of drug-likeness (QED) is 0.704. The Kier molecular flexibility index (Phi) is 4.17.